The minimum Gasteiger partial charge on any atom is -0.344 e. The number of nitrogens with zero attached hydrogens (tertiary/aromatic N) is 3. The van der Waals surface area contributed by atoms with E-state index in [4.69, 9.17) is 0 Å². The first-order valence-electron chi connectivity index (χ1n) is 6.17. The molecule has 2 rings (SSSR count). The summed E-state index contributed by atoms with van der Waals surface area (Å²) in [7, 11) is 0. The third kappa shape index (κ3) is 4.83. The number of hydrogen-bond acceptors (Lipinski definition) is 5. The number of pyridine rings is 2. The molecular formula is C14H13N5O2. The van der Waals surface area contributed by atoms with Gasteiger partial charge in [-0.25, -0.2) is 5.43 Å². The van der Waals surface area contributed by atoms with Crippen molar-refractivity contribution in [3.05, 3.63) is 60.2 Å². The molecule has 0 aromatic carbocycles. The minimum atomic E-state index is -0.837. The lowest BCUT2D eigenvalue weighted by Crippen LogP contribution is -2.37. The largest absolute Gasteiger partial charge is 0.344 e. The zero-order valence-electron chi connectivity index (χ0n) is 11.1. The Morgan fingerprint density at radius 1 is 1.10 bits per heavy atom. The number of hydrazone groups is 1. The molecule has 2 aromatic heterocycles. The summed E-state index contributed by atoms with van der Waals surface area (Å²) in [5.74, 6) is -1.60. The van der Waals surface area contributed by atoms with Crippen LogP contribution in [-0.2, 0) is 16.1 Å². The van der Waals surface area contributed by atoms with E-state index in [0.29, 0.717) is 5.69 Å². The molecule has 0 saturated carbocycles. The van der Waals surface area contributed by atoms with Crippen LogP contribution in [0.25, 0.3) is 0 Å². The minimum absolute atomic E-state index is 0.249. The average molecular weight is 283 g/mol. The molecule has 0 spiro atoms. The second-order valence-electron chi connectivity index (χ2n) is 3.99. The highest BCUT2D eigenvalue weighted by atomic mass is 16.2. The van der Waals surface area contributed by atoms with Crippen molar-refractivity contribution in [1.82, 2.24) is 20.7 Å². The molecule has 2 heterocycles. The quantitative estimate of drug-likeness (QED) is 0.477. The van der Waals surface area contributed by atoms with Gasteiger partial charge in [0.1, 0.15) is 0 Å². The Hall–Kier alpha value is -3.09. The van der Waals surface area contributed by atoms with Gasteiger partial charge in [0.2, 0.25) is 0 Å². The second kappa shape index (κ2) is 7.49. The molecule has 2 N–H and O–H groups in total. The van der Waals surface area contributed by atoms with Gasteiger partial charge in [-0.05, 0) is 29.8 Å². The molecule has 0 aliphatic heterocycles. The normalized spacial score (nSPS) is 10.3. The molecule has 0 unspecified atom stereocenters. The summed E-state index contributed by atoms with van der Waals surface area (Å²) in [4.78, 5) is 30.9. The van der Waals surface area contributed by atoms with Crippen molar-refractivity contribution in [2.45, 2.75) is 6.54 Å². The maximum absolute atomic E-state index is 11.5. The molecular weight excluding hydrogens is 270 g/mol. The highest BCUT2D eigenvalue weighted by molar-refractivity contribution is 6.35. The Bertz CT molecular complexity index is 628. The molecule has 7 nitrogen and oxygen atoms in total. The lowest BCUT2D eigenvalue weighted by Gasteiger charge is -2.03. The molecule has 106 valence electrons. The van der Waals surface area contributed by atoms with Crippen LogP contribution < -0.4 is 10.7 Å². The number of hydrogen-bond donors (Lipinski definition) is 2. The van der Waals surface area contributed by atoms with Crippen molar-refractivity contribution in [3.8, 4) is 0 Å². The summed E-state index contributed by atoms with van der Waals surface area (Å²) in [6, 6.07) is 8.77. The third-order valence-electron chi connectivity index (χ3n) is 2.46. The van der Waals surface area contributed by atoms with Gasteiger partial charge in [-0.3, -0.25) is 19.6 Å². The standard InChI is InChI=1S/C14H13N5O2/c20-13(17-9-11-4-7-15-8-5-11)14(21)19-18-10-12-3-1-2-6-16-12/h1-8,10H,9H2,(H,17,20)(H,19,21)/b18-10-. The zero-order valence-corrected chi connectivity index (χ0v) is 11.1. The highest BCUT2D eigenvalue weighted by Gasteiger charge is 2.11. The van der Waals surface area contributed by atoms with Gasteiger partial charge in [-0.1, -0.05) is 6.07 Å². The summed E-state index contributed by atoms with van der Waals surface area (Å²) >= 11 is 0. The van der Waals surface area contributed by atoms with Gasteiger partial charge in [0, 0.05) is 25.1 Å². The monoisotopic (exact) mass is 283 g/mol. The van der Waals surface area contributed by atoms with Crippen molar-refractivity contribution < 1.29 is 9.59 Å². The van der Waals surface area contributed by atoms with Crippen LogP contribution in [-0.4, -0.2) is 28.0 Å². The van der Waals surface area contributed by atoms with Gasteiger partial charge in [0.15, 0.2) is 0 Å². The second-order valence-corrected chi connectivity index (χ2v) is 3.99. The average Bonchev–Trinajstić information content (AvgIpc) is 2.54. The van der Waals surface area contributed by atoms with Crippen LogP contribution in [0.1, 0.15) is 11.3 Å². The number of rotatable bonds is 4. The Morgan fingerprint density at radius 3 is 2.62 bits per heavy atom. The zero-order chi connectivity index (χ0) is 14.9. The maximum atomic E-state index is 11.5. The predicted molar refractivity (Wildman–Crippen MR) is 76.1 cm³/mol. The van der Waals surface area contributed by atoms with Crippen LogP contribution in [0, 0.1) is 0 Å². The van der Waals surface area contributed by atoms with Gasteiger partial charge in [-0.15, -0.1) is 0 Å². The molecule has 7 heteroatoms. The summed E-state index contributed by atoms with van der Waals surface area (Å²) in [6.07, 6.45) is 6.18. The van der Waals surface area contributed by atoms with E-state index in [1.807, 2.05) is 0 Å². The summed E-state index contributed by atoms with van der Waals surface area (Å²) in [5.41, 5.74) is 3.56. The first-order valence-corrected chi connectivity index (χ1v) is 6.17. The smallest absolute Gasteiger partial charge is 0.329 e. The summed E-state index contributed by atoms with van der Waals surface area (Å²) in [5, 5.41) is 6.14. The van der Waals surface area contributed by atoms with Crippen LogP contribution in [0.5, 0.6) is 0 Å². The van der Waals surface area contributed by atoms with Crippen molar-refractivity contribution in [2.75, 3.05) is 0 Å². The number of amides is 2. The fourth-order valence-electron chi connectivity index (χ4n) is 1.42. The highest BCUT2D eigenvalue weighted by Crippen LogP contribution is 1.94. The summed E-state index contributed by atoms with van der Waals surface area (Å²) < 4.78 is 0. The molecule has 2 aromatic rings. The van der Waals surface area contributed by atoms with E-state index in [-0.39, 0.29) is 6.54 Å². The van der Waals surface area contributed by atoms with E-state index < -0.39 is 11.8 Å². The predicted octanol–water partition coefficient (Wildman–Crippen LogP) is 0.243. The van der Waals surface area contributed by atoms with Crippen LogP contribution in [0.4, 0.5) is 0 Å². The van der Waals surface area contributed by atoms with E-state index in [9.17, 15) is 9.59 Å². The number of carbonyl (C=O) groups is 2. The molecule has 0 radical (unpaired) electrons. The molecule has 2 amide bonds. The van der Waals surface area contributed by atoms with Crippen molar-refractivity contribution >= 4 is 18.0 Å². The topological polar surface area (TPSA) is 96.3 Å². The molecule has 21 heavy (non-hydrogen) atoms. The van der Waals surface area contributed by atoms with Crippen LogP contribution in [0.15, 0.2) is 54.0 Å². The van der Waals surface area contributed by atoms with E-state index in [2.05, 4.69) is 25.8 Å². The Balaban J connectivity index is 1.78. The van der Waals surface area contributed by atoms with Gasteiger partial charge in [0.05, 0.1) is 11.9 Å². The first-order chi connectivity index (χ1) is 10.3. The van der Waals surface area contributed by atoms with Crippen molar-refractivity contribution in [1.29, 1.82) is 0 Å². The van der Waals surface area contributed by atoms with Gasteiger partial charge in [-0.2, -0.15) is 5.10 Å². The van der Waals surface area contributed by atoms with Crippen LogP contribution >= 0.6 is 0 Å². The Morgan fingerprint density at radius 2 is 1.90 bits per heavy atom. The number of aromatic nitrogens is 2. The van der Waals surface area contributed by atoms with E-state index in [1.165, 1.54) is 6.21 Å². The lowest BCUT2D eigenvalue weighted by atomic mass is 10.3. The molecule has 0 fully saturated rings. The van der Waals surface area contributed by atoms with Gasteiger partial charge >= 0.3 is 11.8 Å². The fourth-order valence-corrected chi connectivity index (χ4v) is 1.42. The summed E-state index contributed by atoms with van der Waals surface area (Å²) in [6.45, 7) is 0.249. The third-order valence-corrected chi connectivity index (χ3v) is 2.46. The van der Waals surface area contributed by atoms with E-state index in [0.717, 1.165) is 5.56 Å². The molecule has 0 aliphatic carbocycles. The first kappa shape index (κ1) is 14.3. The van der Waals surface area contributed by atoms with Gasteiger partial charge in [0.25, 0.3) is 0 Å². The van der Waals surface area contributed by atoms with Crippen LogP contribution in [0.2, 0.25) is 0 Å². The Kier molecular flexibility index (Phi) is 5.11. The van der Waals surface area contributed by atoms with E-state index >= 15 is 0 Å². The number of nitrogens with one attached hydrogen (secondary N) is 2. The fraction of sp³-hybridized carbons (Fsp3) is 0.0714. The van der Waals surface area contributed by atoms with Gasteiger partial charge < -0.3 is 5.32 Å². The van der Waals surface area contributed by atoms with E-state index in [1.54, 1.807) is 48.9 Å². The Labute approximate surface area is 121 Å². The van der Waals surface area contributed by atoms with Crippen molar-refractivity contribution in [2.24, 2.45) is 5.10 Å². The lowest BCUT2D eigenvalue weighted by molar-refractivity contribution is -0.139. The van der Waals surface area contributed by atoms with Crippen molar-refractivity contribution in [3.63, 3.8) is 0 Å². The number of carbonyl (C=O) groups excluding carboxylic acids is 2. The molecule has 0 bridgehead atoms. The maximum Gasteiger partial charge on any atom is 0.329 e. The molecule has 0 saturated heterocycles. The molecule has 0 atom stereocenters. The van der Waals surface area contributed by atoms with Crippen LogP contribution in [0.3, 0.4) is 0 Å². The molecule has 0 aliphatic rings. The SMILES string of the molecule is O=C(NCc1ccncc1)C(=O)N/N=C\c1ccccn1.